The van der Waals surface area contributed by atoms with Crippen molar-refractivity contribution in [1.29, 1.82) is 0 Å². The predicted molar refractivity (Wildman–Crippen MR) is 71.2 cm³/mol. The normalized spacial score (nSPS) is 11.7. The second kappa shape index (κ2) is 6.63. The molecule has 0 fully saturated rings. The van der Waals surface area contributed by atoms with Gasteiger partial charge in [0.2, 0.25) is 0 Å². The second-order valence-corrected chi connectivity index (χ2v) is 4.22. The van der Waals surface area contributed by atoms with Crippen molar-refractivity contribution in [2.45, 2.75) is 26.3 Å². The third kappa shape index (κ3) is 4.50. The van der Waals surface area contributed by atoms with Crippen LogP contribution in [0.1, 0.15) is 30.6 Å². The molecule has 0 spiro atoms. The van der Waals surface area contributed by atoms with E-state index in [1.165, 1.54) is 18.2 Å². The maximum absolute atomic E-state index is 11.5. The molecule has 0 saturated heterocycles. The van der Waals surface area contributed by atoms with Gasteiger partial charge in [0.1, 0.15) is 5.75 Å². The van der Waals surface area contributed by atoms with Gasteiger partial charge in [0.25, 0.3) is 5.91 Å². The summed E-state index contributed by atoms with van der Waals surface area (Å²) in [6, 6.07) is 4.18. The number of hydrogen-bond acceptors (Lipinski definition) is 4. The highest BCUT2D eigenvalue weighted by atomic mass is 16.5. The Morgan fingerprint density at radius 3 is 2.74 bits per heavy atom. The van der Waals surface area contributed by atoms with Gasteiger partial charge in [-0.05, 0) is 31.5 Å². The molecular weight excluding hydrogens is 248 g/mol. The van der Waals surface area contributed by atoms with E-state index in [1.807, 2.05) is 13.8 Å². The molecule has 0 saturated carbocycles. The van der Waals surface area contributed by atoms with Crippen LogP contribution in [0.4, 0.5) is 5.69 Å². The van der Waals surface area contributed by atoms with E-state index < -0.39 is 5.97 Å². The summed E-state index contributed by atoms with van der Waals surface area (Å²) in [6.45, 7) is 3.65. The lowest BCUT2D eigenvalue weighted by Crippen LogP contribution is -2.35. The first-order valence-corrected chi connectivity index (χ1v) is 5.99. The number of aromatic carboxylic acids is 1. The number of hydrogen-bond donors (Lipinski definition) is 3. The lowest BCUT2D eigenvalue weighted by Gasteiger charge is -2.13. The molecule has 0 bridgehead atoms. The number of benzene rings is 1. The largest absolute Gasteiger partial charge is 0.482 e. The Morgan fingerprint density at radius 2 is 2.16 bits per heavy atom. The standard InChI is InChI=1S/C13H18N2O4/c1-3-8(2)15-12(16)7-19-11-6-9(13(17)18)4-5-10(11)14/h4-6,8H,3,7,14H2,1-2H3,(H,15,16)(H,17,18). The lowest BCUT2D eigenvalue weighted by molar-refractivity contribution is -0.123. The Labute approximate surface area is 111 Å². The van der Waals surface area contributed by atoms with Crippen LogP contribution in [-0.2, 0) is 4.79 Å². The molecule has 1 aromatic carbocycles. The SMILES string of the molecule is CCC(C)NC(=O)COc1cc(C(=O)O)ccc1N. The Bertz CT molecular complexity index is 474. The number of amides is 1. The number of anilines is 1. The molecule has 19 heavy (non-hydrogen) atoms. The van der Waals surface area contributed by atoms with E-state index in [2.05, 4.69) is 5.32 Å². The van der Waals surface area contributed by atoms with Crippen LogP contribution in [0.5, 0.6) is 5.75 Å². The van der Waals surface area contributed by atoms with E-state index in [0.717, 1.165) is 6.42 Å². The van der Waals surface area contributed by atoms with Crippen molar-refractivity contribution in [3.05, 3.63) is 23.8 Å². The van der Waals surface area contributed by atoms with Crippen LogP contribution in [0.15, 0.2) is 18.2 Å². The van der Waals surface area contributed by atoms with Crippen molar-refractivity contribution in [2.75, 3.05) is 12.3 Å². The molecule has 6 heteroatoms. The fourth-order valence-corrected chi connectivity index (χ4v) is 1.35. The molecule has 0 aliphatic rings. The molecule has 0 aliphatic heterocycles. The Kier molecular flexibility index (Phi) is 5.17. The first-order chi connectivity index (χ1) is 8.93. The number of carbonyl (C=O) groups excluding carboxylic acids is 1. The highest BCUT2D eigenvalue weighted by Gasteiger charge is 2.10. The number of ether oxygens (including phenoxy) is 1. The van der Waals surface area contributed by atoms with E-state index in [9.17, 15) is 9.59 Å². The minimum absolute atomic E-state index is 0.0616. The van der Waals surface area contributed by atoms with Gasteiger partial charge in [-0.25, -0.2) is 4.79 Å². The van der Waals surface area contributed by atoms with Crippen LogP contribution in [-0.4, -0.2) is 29.6 Å². The van der Waals surface area contributed by atoms with Crippen molar-refractivity contribution in [2.24, 2.45) is 0 Å². The molecule has 1 unspecified atom stereocenters. The maximum Gasteiger partial charge on any atom is 0.335 e. The van der Waals surface area contributed by atoms with Crippen LogP contribution in [0, 0.1) is 0 Å². The maximum atomic E-state index is 11.5. The zero-order valence-corrected chi connectivity index (χ0v) is 11.0. The number of nitrogens with two attached hydrogens (primary N) is 1. The molecule has 1 aromatic rings. The van der Waals surface area contributed by atoms with Crippen LogP contribution < -0.4 is 15.8 Å². The summed E-state index contributed by atoms with van der Waals surface area (Å²) in [5.41, 5.74) is 6.01. The number of nitrogen functional groups attached to an aromatic ring is 1. The summed E-state index contributed by atoms with van der Waals surface area (Å²) in [6.07, 6.45) is 0.822. The molecule has 4 N–H and O–H groups in total. The first-order valence-electron chi connectivity index (χ1n) is 5.99. The molecule has 6 nitrogen and oxygen atoms in total. The van der Waals surface area contributed by atoms with Crippen molar-refractivity contribution < 1.29 is 19.4 Å². The van der Waals surface area contributed by atoms with Gasteiger partial charge in [-0.2, -0.15) is 0 Å². The van der Waals surface area contributed by atoms with Gasteiger partial charge in [-0.3, -0.25) is 4.79 Å². The first kappa shape index (κ1) is 14.8. The fraction of sp³-hybridized carbons (Fsp3) is 0.385. The fourth-order valence-electron chi connectivity index (χ4n) is 1.35. The summed E-state index contributed by atoms with van der Waals surface area (Å²) in [4.78, 5) is 22.3. The van der Waals surface area contributed by atoms with E-state index in [0.29, 0.717) is 5.69 Å². The van der Waals surface area contributed by atoms with E-state index in [-0.39, 0.29) is 29.9 Å². The number of nitrogens with one attached hydrogen (secondary N) is 1. The second-order valence-electron chi connectivity index (χ2n) is 4.22. The Hall–Kier alpha value is -2.24. The molecule has 1 rings (SSSR count). The molecular formula is C13H18N2O4. The monoisotopic (exact) mass is 266 g/mol. The molecule has 0 radical (unpaired) electrons. The topological polar surface area (TPSA) is 102 Å². The lowest BCUT2D eigenvalue weighted by atomic mass is 10.2. The van der Waals surface area contributed by atoms with Gasteiger partial charge in [-0.1, -0.05) is 6.92 Å². The van der Waals surface area contributed by atoms with Crippen molar-refractivity contribution in [3.8, 4) is 5.75 Å². The summed E-state index contributed by atoms with van der Waals surface area (Å²) in [7, 11) is 0. The summed E-state index contributed by atoms with van der Waals surface area (Å²) in [5.74, 6) is -1.15. The highest BCUT2D eigenvalue weighted by molar-refractivity contribution is 5.89. The number of carboxylic acid groups (broad SMARTS) is 1. The third-order valence-corrected chi connectivity index (χ3v) is 2.64. The van der Waals surface area contributed by atoms with Crippen molar-refractivity contribution in [1.82, 2.24) is 5.32 Å². The van der Waals surface area contributed by atoms with Crippen LogP contribution in [0.25, 0.3) is 0 Å². The Morgan fingerprint density at radius 1 is 1.47 bits per heavy atom. The van der Waals surface area contributed by atoms with Crippen molar-refractivity contribution >= 4 is 17.6 Å². The zero-order valence-electron chi connectivity index (χ0n) is 11.0. The highest BCUT2D eigenvalue weighted by Crippen LogP contribution is 2.22. The zero-order chi connectivity index (χ0) is 14.4. The van der Waals surface area contributed by atoms with E-state index in [1.54, 1.807) is 0 Å². The summed E-state index contributed by atoms with van der Waals surface area (Å²) in [5, 5.41) is 11.6. The van der Waals surface area contributed by atoms with Crippen molar-refractivity contribution in [3.63, 3.8) is 0 Å². The van der Waals surface area contributed by atoms with Gasteiger partial charge in [0.15, 0.2) is 6.61 Å². The van der Waals surface area contributed by atoms with Gasteiger partial charge >= 0.3 is 5.97 Å². The molecule has 0 heterocycles. The minimum Gasteiger partial charge on any atom is -0.482 e. The van der Waals surface area contributed by atoms with Crippen LogP contribution in [0.2, 0.25) is 0 Å². The number of carboxylic acids is 1. The van der Waals surface area contributed by atoms with Gasteiger partial charge in [0, 0.05) is 6.04 Å². The van der Waals surface area contributed by atoms with Gasteiger partial charge < -0.3 is 20.9 Å². The smallest absolute Gasteiger partial charge is 0.335 e. The average Bonchev–Trinajstić information content (AvgIpc) is 2.37. The van der Waals surface area contributed by atoms with Gasteiger partial charge in [0.05, 0.1) is 11.3 Å². The molecule has 1 amide bonds. The van der Waals surface area contributed by atoms with Gasteiger partial charge in [-0.15, -0.1) is 0 Å². The number of carbonyl (C=O) groups is 2. The average molecular weight is 266 g/mol. The van der Waals surface area contributed by atoms with E-state index in [4.69, 9.17) is 15.6 Å². The third-order valence-electron chi connectivity index (χ3n) is 2.64. The summed E-state index contributed by atoms with van der Waals surface area (Å²) >= 11 is 0. The van der Waals surface area contributed by atoms with Crippen LogP contribution in [0.3, 0.4) is 0 Å². The molecule has 0 aliphatic carbocycles. The Balaban J connectivity index is 2.64. The summed E-state index contributed by atoms with van der Waals surface area (Å²) < 4.78 is 5.23. The number of rotatable bonds is 6. The minimum atomic E-state index is -1.08. The van der Waals surface area contributed by atoms with Crippen LogP contribution >= 0.6 is 0 Å². The predicted octanol–water partition coefficient (Wildman–Crippen LogP) is 1.26. The quantitative estimate of drug-likeness (QED) is 0.673. The molecule has 104 valence electrons. The van der Waals surface area contributed by atoms with E-state index >= 15 is 0 Å². The molecule has 1 atom stereocenters. The molecule has 0 aromatic heterocycles.